The number of rotatable bonds is 2. The third-order valence-corrected chi connectivity index (χ3v) is 4.81. The van der Waals surface area contributed by atoms with Crippen LogP contribution in [-0.2, 0) is 14.3 Å². The average molecular weight is 302 g/mol. The molecule has 2 amide bonds. The first-order valence-corrected chi connectivity index (χ1v) is 7.55. The number of aliphatic carboxylic acids is 1. The van der Waals surface area contributed by atoms with Crippen LogP contribution in [0.3, 0.4) is 0 Å². The number of likely N-dealkylation sites (tertiary alicyclic amines) is 1. The number of methoxy groups -OCH3 is 1. The number of carboxylic acids is 1. The predicted octanol–water partition coefficient (Wildman–Crippen LogP) is 0.307. The molecular weight excluding hydrogens is 284 g/mol. The van der Waals surface area contributed by atoms with Crippen molar-refractivity contribution in [3.8, 4) is 0 Å². The van der Waals surface area contributed by atoms with Crippen molar-refractivity contribution in [2.75, 3.05) is 31.8 Å². The minimum absolute atomic E-state index is 0.0185. The van der Waals surface area contributed by atoms with Crippen LogP contribution in [0.2, 0.25) is 0 Å². The maximum atomic E-state index is 12.4. The number of nitrogens with zero attached hydrogens (tertiary/aromatic N) is 2. The van der Waals surface area contributed by atoms with Gasteiger partial charge in [-0.15, -0.1) is 11.8 Å². The van der Waals surface area contributed by atoms with Gasteiger partial charge < -0.3 is 19.6 Å². The number of hydrogen-bond acceptors (Lipinski definition) is 5. The van der Waals surface area contributed by atoms with E-state index >= 15 is 0 Å². The third kappa shape index (κ3) is 2.70. The third-order valence-electron chi connectivity index (χ3n) is 3.80. The zero-order valence-corrected chi connectivity index (χ0v) is 12.3. The molecule has 2 fully saturated rings. The highest BCUT2D eigenvalue weighted by molar-refractivity contribution is 7.99. The standard InChI is InChI=1S/C12H18N2O5S/c1-7-3-13(4-8(7)11(17)19-2)12(18)14-6-20-5-9(14)10(15)16/h7-9H,3-6H2,1-2H3,(H,15,16)/t7?,8?,9-/m0/s1. The zero-order chi connectivity index (χ0) is 14.9. The molecule has 2 aliphatic heterocycles. The smallest absolute Gasteiger partial charge is 0.327 e. The quantitative estimate of drug-likeness (QED) is 0.739. The highest BCUT2D eigenvalue weighted by Gasteiger charge is 2.42. The molecule has 0 aromatic carbocycles. The van der Waals surface area contributed by atoms with E-state index < -0.39 is 12.0 Å². The fourth-order valence-corrected chi connectivity index (χ4v) is 3.74. The summed E-state index contributed by atoms with van der Waals surface area (Å²) in [4.78, 5) is 38.0. The van der Waals surface area contributed by atoms with Crippen LogP contribution >= 0.6 is 11.8 Å². The Bertz CT molecular complexity index is 430. The Morgan fingerprint density at radius 2 is 2.00 bits per heavy atom. The highest BCUT2D eigenvalue weighted by Crippen LogP contribution is 2.28. The molecule has 20 heavy (non-hydrogen) atoms. The molecule has 2 unspecified atom stereocenters. The second-order valence-corrected chi connectivity index (χ2v) is 6.12. The van der Waals surface area contributed by atoms with Gasteiger partial charge in [0.1, 0.15) is 6.04 Å². The predicted molar refractivity (Wildman–Crippen MR) is 72.2 cm³/mol. The van der Waals surface area contributed by atoms with Gasteiger partial charge in [-0.25, -0.2) is 9.59 Å². The van der Waals surface area contributed by atoms with E-state index in [1.807, 2.05) is 6.92 Å². The van der Waals surface area contributed by atoms with Gasteiger partial charge >= 0.3 is 18.0 Å². The molecule has 0 aromatic rings. The van der Waals surface area contributed by atoms with Gasteiger partial charge in [-0.3, -0.25) is 4.79 Å². The fourth-order valence-electron chi connectivity index (χ4n) is 2.60. The average Bonchev–Trinajstić information content (AvgIpc) is 3.03. The molecule has 8 heteroatoms. The number of carbonyl (C=O) groups is 3. The lowest BCUT2D eigenvalue weighted by atomic mass is 9.99. The van der Waals surface area contributed by atoms with Crippen molar-refractivity contribution in [2.24, 2.45) is 11.8 Å². The summed E-state index contributed by atoms with van der Waals surface area (Å²) in [5.74, 6) is -0.833. The van der Waals surface area contributed by atoms with Crippen LogP contribution in [0.4, 0.5) is 4.79 Å². The van der Waals surface area contributed by atoms with Crippen molar-refractivity contribution < 1.29 is 24.2 Å². The summed E-state index contributed by atoms with van der Waals surface area (Å²) < 4.78 is 4.73. The van der Waals surface area contributed by atoms with E-state index in [-0.39, 0.29) is 23.8 Å². The molecule has 1 N–H and O–H groups in total. The number of hydrogen-bond donors (Lipinski definition) is 1. The normalized spacial score (nSPS) is 29.6. The van der Waals surface area contributed by atoms with E-state index in [9.17, 15) is 14.4 Å². The SMILES string of the molecule is COC(=O)C1CN(C(=O)N2CSC[C@H]2C(=O)O)CC1C. The topological polar surface area (TPSA) is 87.2 Å². The molecule has 112 valence electrons. The minimum Gasteiger partial charge on any atom is -0.480 e. The molecule has 0 spiro atoms. The first kappa shape index (κ1) is 15.0. The monoisotopic (exact) mass is 302 g/mol. The van der Waals surface area contributed by atoms with Crippen LogP contribution in [0.1, 0.15) is 6.92 Å². The lowest BCUT2D eigenvalue weighted by molar-refractivity contribution is -0.146. The van der Waals surface area contributed by atoms with Crippen molar-refractivity contribution in [2.45, 2.75) is 13.0 Å². The number of esters is 1. The van der Waals surface area contributed by atoms with Gasteiger partial charge in [0.15, 0.2) is 0 Å². The summed E-state index contributed by atoms with van der Waals surface area (Å²) in [5, 5.41) is 9.11. The molecule has 0 aromatic heterocycles. The molecule has 2 saturated heterocycles. The maximum absolute atomic E-state index is 12.4. The number of urea groups is 1. The Labute approximate surface area is 121 Å². The van der Waals surface area contributed by atoms with E-state index in [1.165, 1.54) is 23.8 Å². The summed E-state index contributed by atoms with van der Waals surface area (Å²) >= 11 is 1.42. The van der Waals surface area contributed by atoms with Gasteiger partial charge in [0, 0.05) is 18.8 Å². The Morgan fingerprint density at radius 1 is 1.30 bits per heavy atom. The van der Waals surface area contributed by atoms with E-state index in [2.05, 4.69) is 0 Å². The number of carbonyl (C=O) groups excluding carboxylic acids is 2. The lowest BCUT2D eigenvalue weighted by Gasteiger charge is -2.26. The van der Waals surface area contributed by atoms with E-state index in [1.54, 1.807) is 4.90 Å². The van der Waals surface area contributed by atoms with Gasteiger partial charge in [-0.2, -0.15) is 0 Å². The first-order valence-electron chi connectivity index (χ1n) is 6.39. The Hall–Kier alpha value is -1.44. The summed E-state index contributed by atoms with van der Waals surface area (Å²) in [6, 6.07) is -1.08. The van der Waals surface area contributed by atoms with Gasteiger partial charge in [-0.1, -0.05) is 6.92 Å². The maximum Gasteiger partial charge on any atom is 0.327 e. The Balaban J connectivity index is 2.04. The number of thioether (sulfide) groups is 1. The van der Waals surface area contributed by atoms with Gasteiger partial charge in [0.25, 0.3) is 0 Å². The molecule has 2 heterocycles. The van der Waals surface area contributed by atoms with Gasteiger partial charge in [-0.05, 0) is 5.92 Å². The second kappa shape index (κ2) is 5.90. The van der Waals surface area contributed by atoms with Crippen LogP contribution in [0.25, 0.3) is 0 Å². The van der Waals surface area contributed by atoms with Crippen molar-refractivity contribution in [3.05, 3.63) is 0 Å². The highest BCUT2D eigenvalue weighted by atomic mass is 32.2. The molecule has 0 saturated carbocycles. The van der Waals surface area contributed by atoms with E-state index in [0.717, 1.165) is 0 Å². The molecule has 2 aliphatic rings. The van der Waals surface area contributed by atoms with Crippen molar-refractivity contribution in [3.63, 3.8) is 0 Å². The van der Waals surface area contributed by atoms with Crippen LogP contribution < -0.4 is 0 Å². The first-order chi connectivity index (χ1) is 9.45. The van der Waals surface area contributed by atoms with Crippen molar-refractivity contribution >= 4 is 29.7 Å². The summed E-state index contributed by atoms with van der Waals surface area (Å²) in [6.45, 7) is 2.63. The zero-order valence-electron chi connectivity index (χ0n) is 11.4. The van der Waals surface area contributed by atoms with Gasteiger partial charge in [0.2, 0.25) is 0 Å². The van der Waals surface area contributed by atoms with Crippen LogP contribution in [0.15, 0.2) is 0 Å². The summed E-state index contributed by atoms with van der Waals surface area (Å²) in [7, 11) is 1.33. The lowest BCUT2D eigenvalue weighted by Crippen LogP contribution is -2.48. The number of carboxylic acid groups (broad SMARTS) is 1. The van der Waals surface area contributed by atoms with E-state index in [0.29, 0.717) is 24.7 Å². The summed E-state index contributed by atoms with van der Waals surface area (Å²) in [6.07, 6.45) is 0. The Morgan fingerprint density at radius 3 is 2.60 bits per heavy atom. The Kier molecular flexibility index (Phi) is 4.42. The minimum atomic E-state index is -0.986. The van der Waals surface area contributed by atoms with Crippen molar-refractivity contribution in [1.29, 1.82) is 0 Å². The summed E-state index contributed by atoms with van der Waals surface area (Å²) in [5.41, 5.74) is 0. The molecule has 0 radical (unpaired) electrons. The number of amides is 2. The van der Waals surface area contributed by atoms with Crippen LogP contribution in [0, 0.1) is 11.8 Å². The van der Waals surface area contributed by atoms with E-state index in [4.69, 9.17) is 9.84 Å². The van der Waals surface area contributed by atoms with Crippen LogP contribution in [-0.4, -0.2) is 70.7 Å². The largest absolute Gasteiger partial charge is 0.480 e. The van der Waals surface area contributed by atoms with Crippen LogP contribution in [0.5, 0.6) is 0 Å². The molecule has 3 atom stereocenters. The number of ether oxygens (including phenoxy) is 1. The molecular formula is C12H18N2O5S. The molecule has 7 nitrogen and oxygen atoms in total. The van der Waals surface area contributed by atoms with Gasteiger partial charge in [0.05, 0.1) is 18.9 Å². The molecule has 0 aliphatic carbocycles. The second-order valence-electron chi connectivity index (χ2n) is 5.12. The molecule has 0 bridgehead atoms. The van der Waals surface area contributed by atoms with Crippen molar-refractivity contribution in [1.82, 2.24) is 9.80 Å². The fraction of sp³-hybridized carbons (Fsp3) is 0.750. The molecule has 2 rings (SSSR count).